The van der Waals surface area contributed by atoms with E-state index in [0.29, 0.717) is 18.5 Å². The lowest BCUT2D eigenvalue weighted by atomic mass is 10.0. The van der Waals surface area contributed by atoms with Gasteiger partial charge >= 0.3 is 0 Å². The highest BCUT2D eigenvalue weighted by molar-refractivity contribution is 5.97. The molecule has 0 unspecified atom stereocenters. The fraction of sp³-hybridized carbons (Fsp3) is 0.364. The van der Waals surface area contributed by atoms with Crippen LogP contribution in [0.5, 0.6) is 0 Å². The zero-order valence-electron chi connectivity index (χ0n) is 16.4. The lowest BCUT2D eigenvalue weighted by Crippen LogP contribution is -2.47. The minimum atomic E-state index is -0.515. The van der Waals surface area contributed by atoms with Gasteiger partial charge in [-0.15, -0.1) is 0 Å². The monoisotopic (exact) mass is 367 g/mol. The van der Waals surface area contributed by atoms with Gasteiger partial charge in [0.05, 0.1) is 0 Å². The Labute approximate surface area is 161 Å². The van der Waals surface area contributed by atoms with E-state index in [2.05, 4.69) is 10.6 Å². The molecule has 5 nitrogen and oxygen atoms in total. The third kappa shape index (κ3) is 6.53. The number of nitrogens with zero attached hydrogens (tertiary/aromatic N) is 1. The van der Waals surface area contributed by atoms with Crippen LogP contribution in [0.15, 0.2) is 54.6 Å². The highest BCUT2D eigenvalue weighted by Gasteiger charge is 2.20. The second kappa shape index (κ2) is 10.5. The van der Waals surface area contributed by atoms with Gasteiger partial charge in [0.1, 0.15) is 6.04 Å². The first-order valence-electron chi connectivity index (χ1n) is 9.40. The average Bonchev–Trinajstić information content (AvgIpc) is 2.68. The normalized spacial score (nSPS) is 11.9. The van der Waals surface area contributed by atoms with E-state index in [4.69, 9.17) is 0 Å². The highest BCUT2D eigenvalue weighted by Crippen LogP contribution is 2.19. The fourth-order valence-electron chi connectivity index (χ4n) is 2.77. The highest BCUT2D eigenvalue weighted by atomic mass is 16.2. The van der Waals surface area contributed by atoms with Crippen LogP contribution in [0.25, 0.3) is 11.1 Å². The molecular weight excluding hydrogens is 338 g/mol. The number of rotatable bonds is 9. The first-order chi connectivity index (χ1) is 13.0. The maximum Gasteiger partial charge on any atom is 0.251 e. The lowest BCUT2D eigenvalue weighted by molar-refractivity contribution is -0.123. The molecular formula is C22H29N3O2. The number of hydrogen-bond donors (Lipinski definition) is 2. The molecule has 0 fully saturated rings. The summed E-state index contributed by atoms with van der Waals surface area (Å²) < 4.78 is 0. The van der Waals surface area contributed by atoms with Crippen molar-refractivity contribution in [2.24, 2.45) is 0 Å². The van der Waals surface area contributed by atoms with E-state index in [1.54, 1.807) is 12.1 Å². The smallest absolute Gasteiger partial charge is 0.251 e. The van der Waals surface area contributed by atoms with Crippen molar-refractivity contribution in [2.45, 2.75) is 25.8 Å². The number of amides is 2. The van der Waals surface area contributed by atoms with E-state index >= 15 is 0 Å². The van der Waals surface area contributed by atoms with E-state index < -0.39 is 6.04 Å². The van der Waals surface area contributed by atoms with Crippen molar-refractivity contribution in [1.29, 1.82) is 0 Å². The molecule has 5 heteroatoms. The van der Waals surface area contributed by atoms with Crippen molar-refractivity contribution in [3.8, 4) is 11.1 Å². The van der Waals surface area contributed by atoms with E-state index in [0.717, 1.165) is 24.1 Å². The Balaban J connectivity index is 1.99. The molecule has 0 radical (unpaired) electrons. The molecule has 0 spiro atoms. The van der Waals surface area contributed by atoms with Crippen LogP contribution in [0.2, 0.25) is 0 Å². The fourth-order valence-corrected chi connectivity index (χ4v) is 2.77. The summed E-state index contributed by atoms with van der Waals surface area (Å²) >= 11 is 0. The molecule has 0 saturated carbocycles. The zero-order chi connectivity index (χ0) is 19.6. The quantitative estimate of drug-likeness (QED) is 0.716. The van der Waals surface area contributed by atoms with Crippen LogP contribution in [0.4, 0.5) is 0 Å². The number of likely N-dealkylation sites (N-methyl/N-ethyl adjacent to an activating group) is 1. The molecule has 0 aliphatic heterocycles. The molecule has 0 aromatic heterocycles. The van der Waals surface area contributed by atoms with Crippen molar-refractivity contribution >= 4 is 11.8 Å². The molecule has 2 aromatic rings. The van der Waals surface area contributed by atoms with E-state index in [1.807, 2.05) is 68.4 Å². The molecule has 2 amide bonds. The molecule has 27 heavy (non-hydrogen) atoms. The Morgan fingerprint density at radius 2 is 1.59 bits per heavy atom. The molecule has 0 aliphatic rings. The van der Waals surface area contributed by atoms with Crippen LogP contribution in [0, 0.1) is 0 Å². The molecule has 0 bridgehead atoms. The Morgan fingerprint density at radius 1 is 0.963 bits per heavy atom. The molecule has 2 rings (SSSR count). The topological polar surface area (TPSA) is 61.4 Å². The van der Waals surface area contributed by atoms with Gasteiger partial charge in [-0.25, -0.2) is 0 Å². The van der Waals surface area contributed by atoms with Gasteiger partial charge in [0, 0.05) is 18.7 Å². The standard InChI is InChI=1S/C22H29N3O2/c1-4-8-20(22(27)23-15-16-25(2)3)24-21(26)19-13-11-18(12-14-19)17-9-6-5-7-10-17/h5-7,9-14,20H,4,8,15-16H2,1-3H3,(H,23,27)(H,24,26)/t20-/m0/s1. The van der Waals surface area contributed by atoms with Crippen LogP contribution in [-0.4, -0.2) is 49.9 Å². The van der Waals surface area contributed by atoms with Gasteiger partial charge < -0.3 is 15.5 Å². The maximum absolute atomic E-state index is 12.6. The second-order valence-corrected chi connectivity index (χ2v) is 6.85. The predicted octanol–water partition coefficient (Wildman–Crippen LogP) is 2.93. The van der Waals surface area contributed by atoms with E-state index in [1.165, 1.54) is 0 Å². The summed E-state index contributed by atoms with van der Waals surface area (Å²) in [6.07, 6.45) is 1.43. The van der Waals surface area contributed by atoms with Gasteiger partial charge in [-0.3, -0.25) is 9.59 Å². The summed E-state index contributed by atoms with van der Waals surface area (Å²) in [4.78, 5) is 26.9. The van der Waals surface area contributed by atoms with Gasteiger partial charge in [0.25, 0.3) is 5.91 Å². The van der Waals surface area contributed by atoms with Crippen molar-refractivity contribution < 1.29 is 9.59 Å². The summed E-state index contributed by atoms with van der Waals surface area (Å²) in [6, 6.07) is 16.9. The first-order valence-corrected chi connectivity index (χ1v) is 9.40. The number of benzene rings is 2. The predicted molar refractivity (Wildman–Crippen MR) is 110 cm³/mol. The largest absolute Gasteiger partial charge is 0.353 e. The van der Waals surface area contributed by atoms with E-state index in [9.17, 15) is 9.59 Å². The molecule has 2 aromatic carbocycles. The summed E-state index contributed by atoms with van der Waals surface area (Å²) in [5.41, 5.74) is 2.71. The van der Waals surface area contributed by atoms with Crippen molar-refractivity contribution in [2.75, 3.05) is 27.2 Å². The van der Waals surface area contributed by atoms with Crippen LogP contribution < -0.4 is 10.6 Å². The number of nitrogens with one attached hydrogen (secondary N) is 2. The zero-order valence-corrected chi connectivity index (χ0v) is 16.4. The van der Waals surface area contributed by atoms with Crippen LogP contribution in [-0.2, 0) is 4.79 Å². The van der Waals surface area contributed by atoms with Gasteiger partial charge in [0.2, 0.25) is 5.91 Å². The van der Waals surface area contributed by atoms with Gasteiger partial charge in [-0.2, -0.15) is 0 Å². The Bertz CT molecular complexity index is 727. The molecule has 0 saturated heterocycles. The average molecular weight is 367 g/mol. The van der Waals surface area contributed by atoms with Gasteiger partial charge in [-0.05, 0) is 43.8 Å². The third-order valence-electron chi connectivity index (χ3n) is 4.31. The lowest BCUT2D eigenvalue weighted by Gasteiger charge is -2.19. The molecule has 1 atom stereocenters. The number of hydrogen-bond acceptors (Lipinski definition) is 3. The van der Waals surface area contributed by atoms with Crippen molar-refractivity contribution in [3.05, 3.63) is 60.2 Å². The summed E-state index contributed by atoms with van der Waals surface area (Å²) in [5, 5.41) is 5.76. The molecule has 2 N–H and O–H groups in total. The number of carbonyl (C=O) groups excluding carboxylic acids is 2. The van der Waals surface area contributed by atoms with Crippen LogP contribution >= 0.6 is 0 Å². The maximum atomic E-state index is 12.6. The Morgan fingerprint density at radius 3 is 2.19 bits per heavy atom. The van der Waals surface area contributed by atoms with Gasteiger partial charge in [0.15, 0.2) is 0 Å². The summed E-state index contributed by atoms with van der Waals surface area (Å²) in [5.74, 6) is -0.358. The third-order valence-corrected chi connectivity index (χ3v) is 4.31. The van der Waals surface area contributed by atoms with E-state index in [-0.39, 0.29) is 11.8 Å². The minimum Gasteiger partial charge on any atom is -0.353 e. The Hall–Kier alpha value is -2.66. The summed E-state index contributed by atoms with van der Waals surface area (Å²) in [6.45, 7) is 3.33. The SMILES string of the molecule is CCC[C@H](NC(=O)c1ccc(-c2ccccc2)cc1)C(=O)NCCN(C)C. The molecule has 144 valence electrons. The second-order valence-electron chi connectivity index (χ2n) is 6.85. The van der Waals surface area contributed by atoms with Crippen molar-refractivity contribution in [3.63, 3.8) is 0 Å². The Kier molecular flexibility index (Phi) is 8.01. The first kappa shape index (κ1) is 20.6. The number of carbonyl (C=O) groups is 2. The van der Waals surface area contributed by atoms with Crippen molar-refractivity contribution in [1.82, 2.24) is 15.5 Å². The summed E-state index contributed by atoms with van der Waals surface area (Å²) in [7, 11) is 3.91. The minimum absolute atomic E-state index is 0.132. The molecule has 0 aliphatic carbocycles. The van der Waals surface area contributed by atoms with Crippen LogP contribution in [0.3, 0.4) is 0 Å². The molecule has 0 heterocycles. The van der Waals surface area contributed by atoms with Crippen LogP contribution in [0.1, 0.15) is 30.1 Å². The van der Waals surface area contributed by atoms with Gasteiger partial charge in [-0.1, -0.05) is 55.8 Å².